The third-order valence-corrected chi connectivity index (χ3v) is 6.07. The van der Waals surface area contributed by atoms with E-state index in [0.717, 1.165) is 40.2 Å². The standard InChI is InChI=1S/C20H17N5OS/c26-20(14-7-2-1-6-13(14)18-21-12-22-24-18)25-11-5-9-16(25)19-23-15-8-3-4-10-17(15)27-19/h1-4,6-8,10,12,16H,5,9,11H2,(H,21,22,24)/t16-/m0/s1. The Morgan fingerprint density at radius 3 is 2.85 bits per heavy atom. The number of fused-ring (bicyclic) bond motifs is 1. The van der Waals surface area contributed by atoms with Crippen LogP contribution in [0.3, 0.4) is 0 Å². The van der Waals surface area contributed by atoms with Crippen molar-refractivity contribution in [3.05, 3.63) is 65.4 Å². The maximum Gasteiger partial charge on any atom is 0.255 e. The van der Waals surface area contributed by atoms with Crippen LogP contribution < -0.4 is 0 Å². The summed E-state index contributed by atoms with van der Waals surface area (Å²) in [6.45, 7) is 0.740. The van der Waals surface area contributed by atoms with Gasteiger partial charge in [-0.15, -0.1) is 11.3 Å². The predicted molar refractivity (Wildman–Crippen MR) is 104 cm³/mol. The van der Waals surface area contributed by atoms with Crippen LogP contribution in [0.4, 0.5) is 0 Å². The summed E-state index contributed by atoms with van der Waals surface area (Å²) in [5.74, 6) is 0.624. The van der Waals surface area contributed by atoms with Crippen molar-refractivity contribution >= 4 is 27.5 Å². The number of para-hydroxylation sites is 1. The van der Waals surface area contributed by atoms with Gasteiger partial charge in [0.05, 0.1) is 21.8 Å². The van der Waals surface area contributed by atoms with E-state index in [2.05, 4.69) is 21.2 Å². The largest absolute Gasteiger partial charge is 0.329 e. The van der Waals surface area contributed by atoms with Crippen molar-refractivity contribution in [3.8, 4) is 11.4 Å². The van der Waals surface area contributed by atoms with Gasteiger partial charge in [-0.1, -0.05) is 30.3 Å². The molecule has 1 fully saturated rings. The Morgan fingerprint density at radius 1 is 1.15 bits per heavy atom. The molecular weight excluding hydrogens is 358 g/mol. The average Bonchev–Trinajstić information content (AvgIpc) is 3.47. The lowest BCUT2D eigenvalue weighted by Crippen LogP contribution is -2.31. The molecule has 3 heterocycles. The molecule has 2 aromatic carbocycles. The number of nitrogens with zero attached hydrogens (tertiary/aromatic N) is 4. The van der Waals surface area contributed by atoms with E-state index >= 15 is 0 Å². The monoisotopic (exact) mass is 375 g/mol. The molecule has 1 N–H and O–H groups in total. The number of carbonyl (C=O) groups is 1. The Kier molecular flexibility index (Phi) is 3.94. The van der Waals surface area contributed by atoms with Crippen molar-refractivity contribution in [1.82, 2.24) is 25.1 Å². The van der Waals surface area contributed by atoms with Crippen LogP contribution in [-0.2, 0) is 0 Å². The van der Waals surface area contributed by atoms with Gasteiger partial charge in [0.15, 0.2) is 5.82 Å². The quantitative estimate of drug-likeness (QED) is 0.586. The molecule has 0 unspecified atom stereocenters. The topological polar surface area (TPSA) is 74.8 Å². The first-order valence-electron chi connectivity index (χ1n) is 8.92. The number of H-pyrrole nitrogens is 1. The number of hydrogen-bond donors (Lipinski definition) is 1. The lowest BCUT2D eigenvalue weighted by Gasteiger charge is -2.24. The van der Waals surface area contributed by atoms with Crippen LogP contribution in [0, 0.1) is 0 Å². The third-order valence-electron chi connectivity index (χ3n) is 4.94. The zero-order valence-electron chi connectivity index (χ0n) is 14.5. The zero-order chi connectivity index (χ0) is 18.2. The molecule has 7 heteroatoms. The van der Waals surface area contributed by atoms with E-state index in [1.54, 1.807) is 11.3 Å². The summed E-state index contributed by atoms with van der Waals surface area (Å²) in [5.41, 5.74) is 2.41. The molecule has 0 radical (unpaired) electrons. The molecule has 4 aromatic rings. The van der Waals surface area contributed by atoms with E-state index in [4.69, 9.17) is 4.98 Å². The van der Waals surface area contributed by atoms with E-state index in [0.29, 0.717) is 11.4 Å². The second-order valence-electron chi connectivity index (χ2n) is 6.56. The smallest absolute Gasteiger partial charge is 0.255 e. The number of benzene rings is 2. The molecule has 134 valence electrons. The van der Waals surface area contributed by atoms with E-state index in [1.165, 1.54) is 6.33 Å². The molecule has 0 saturated carbocycles. The number of aromatic nitrogens is 4. The Bertz CT molecular complexity index is 1070. The van der Waals surface area contributed by atoms with Crippen LogP contribution in [-0.4, -0.2) is 37.5 Å². The first kappa shape index (κ1) is 16.1. The third kappa shape index (κ3) is 2.80. The Morgan fingerprint density at radius 2 is 2.00 bits per heavy atom. The second-order valence-corrected chi connectivity index (χ2v) is 7.62. The van der Waals surface area contributed by atoms with Crippen molar-refractivity contribution < 1.29 is 4.79 Å². The van der Waals surface area contributed by atoms with Crippen molar-refractivity contribution in [2.75, 3.05) is 6.54 Å². The number of rotatable bonds is 3. The van der Waals surface area contributed by atoms with Crippen LogP contribution >= 0.6 is 11.3 Å². The maximum absolute atomic E-state index is 13.4. The van der Waals surface area contributed by atoms with Crippen LogP contribution in [0.2, 0.25) is 0 Å². The van der Waals surface area contributed by atoms with Gasteiger partial charge < -0.3 is 4.90 Å². The highest BCUT2D eigenvalue weighted by Crippen LogP contribution is 2.38. The fourth-order valence-electron chi connectivity index (χ4n) is 3.67. The molecule has 1 aliphatic heterocycles. The highest BCUT2D eigenvalue weighted by Gasteiger charge is 2.33. The van der Waals surface area contributed by atoms with Crippen molar-refractivity contribution in [3.63, 3.8) is 0 Å². The molecule has 0 bridgehead atoms. The van der Waals surface area contributed by atoms with Crippen molar-refractivity contribution in [2.24, 2.45) is 0 Å². The predicted octanol–water partition coefficient (Wildman–Crippen LogP) is 4.06. The van der Waals surface area contributed by atoms with Crippen LogP contribution in [0.15, 0.2) is 54.9 Å². The Hall–Kier alpha value is -3.06. The van der Waals surface area contributed by atoms with Gasteiger partial charge in [0, 0.05) is 12.1 Å². The fourth-order valence-corrected chi connectivity index (χ4v) is 4.78. The van der Waals surface area contributed by atoms with E-state index in [1.807, 2.05) is 47.4 Å². The van der Waals surface area contributed by atoms with E-state index < -0.39 is 0 Å². The molecule has 1 amide bonds. The van der Waals surface area contributed by atoms with Crippen LogP contribution in [0.5, 0.6) is 0 Å². The molecule has 1 atom stereocenters. The fraction of sp³-hybridized carbons (Fsp3) is 0.200. The molecule has 0 aliphatic carbocycles. The lowest BCUT2D eigenvalue weighted by molar-refractivity contribution is 0.0736. The minimum atomic E-state index is 0.0174. The van der Waals surface area contributed by atoms with Crippen LogP contribution in [0.1, 0.15) is 34.2 Å². The SMILES string of the molecule is O=C(c1ccccc1-c1ncn[nH]1)N1CCC[C@H]1c1nc2ccccc2s1. The molecule has 1 aliphatic rings. The summed E-state index contributed by atoms with van der Waals surface area (Å²) >= 11 is 1.68. The van der Waals surface area contributed by atoms with Gasteiger partial charge in [-0.25, -0.2) is 9.97 Å². The number of thiazole rings is 1. The van der Waals surface area contributed by atoms with Gasteiger partial charge in [0.25, 0.3) is 5.91 Å². The van der Waals surface area contributed by atoms with Crippen molar-refractivity contribution in [1.29, 1.82) is 0 Å². The van der Waals surface area contributed by atoms with E-state index in [9.17, 15) is 4.79 Å². The summed E-state index contributed by atoms with van der Waals surface area (Å²) < 4.78 is 1.16. The second kappa shape index (κ2) is 6.59. The van der Waals surface area contributed by atoms with Gasteiger partial charge in [-0.2, -0.15) is 5.10 Å². The van der Waals surface area contributed by atoms with Gasteiger partial charge >= 0.3 is 0 Å². The Balaban J connectivity index is 1.51. The van der Waals surface area contributed by atoms with Crippen LogP contribution in [0.25, 0.3) is 21.6 Å². The van der Waals surface area contributed by atoms with Gasteiger partial charge in [-0.3, -0.25) is 9.89 Å². The molecule has 0 spiro atoms. The highest BCUT2D eigenvalue weighted by molar-refractivity contribution is 7.18. The zero-order valence-corrected chi connectivity index (χ0v) is 15.3. The normalized spacial score (nSPS) is 16.9. The number of hydrogen-bond acceptors (Lipinski definition) is 5. The van der Waals surface area contributed by atoms with Gasteiger partial charge in [0.1, 0.15) is 11.3 Å². The average molecular weight is 375 g/mol. The number of carbonyl (C=O) groups excluding carboxylic acids is 1. The minimum absolute atomic E-state index is 0.0174. The molecule has 6 nitrogen and oxygen atoms in total. The van der Waals surface area contributed by atoms with Crippen molar-refractivity contribution in [2.45, 2.75) is 18.9 Å². The van der Waals surface area contributed by atoms with Gasteiger partial charge in [0.2, 0.25) is 0 Å². The summed E-state index contributed by atoms with van der Waals surface area (Å²) in [6.07, 6.45) is 3.38. The molecule has 1 saturated heterocycles. The number of likely N-dealkylation sites (tertiary alicyclic amines) is 1. The summed E-state index contributed by atoms with van der Waals surface area (Å²) in [4.78, 5) is 24.4. The summed E-state index contributed by atoms with van der Waals surface area (Å²) in [6, 6.07) is 15.7. The van der Waals surface area contributed by atoms with E-state index in [-0.39, 0.29) is 11.9 Å². The number of nitrogens with one attached hydrogen (secondary N) is 1. The number of aromatic amines is 1. The van der Waals surface area contributed by atoms with Gasteiger partial charge in [-0.05, 0) is 31.0 Å². The first-order valence-corrected chi connectivity index (χ1v) is 9.74. The highest BCUT2D eigenvalue weighted by atomic mass is 32.1. The summed E-state index contributed by atoms with van der Waals surface area (Å²) in [5, 5.41) is 7.78. The maximum atomic E-state index is 13.4. The first-order chi connectivity index (χ1) is 13.3. The lowest BCUT2D eigenvalue weighted by atomic mass is 10.1. The summed E-state index contributed by atoms with van der Waals surface area (Å²) in [7, 11) is 0. The molecule has 27 heavy (non-hydrogen) atoms. The minimum Gasteiger partial charge on any atom is -0.329 e. The molecule has 5 rings (SSSR count). The Labute approximate surface area is 159 Å². The molecule has 2 aromatic heterocycles. The number of amides is 1. The molecular formula is C20H17N5OS.